The smallest absolute Gasteiger partial charge is 0.232 e. The van der Waals surface area contributed by atoms with Crippen LogP contribution in [-0.2, 0) is 16.0 Å². The van der Waals surface area contributed by atoms with Gasteiger partial charge in [0.1, 0.15) is 11.9 Å². The Morgan fingerprint density at radius 1 is 1.32 bits per heavy atom. The summed E-state index contributed by atoms with van der Waals surface area (Å²) in [7, 11) is 0. The fourth-order valence-corrected chi connectivity index (χ4v) is 4.05. The number of hydrogen-bond acceptors (Lipinski definition) is 5. The Kier molecular flexibility index (Phi) is 5.52. The van der Waals surface area contributed by atoms with E-state index in [0.29, 0.717) is 31.1 Å². The molecule has 3 heterocycles. The highest BCUT2D eigenvalue weighted by molar-refractivity contribution is 5.78. The van der Waals surface area contributed by atoms with Crippen molar-refractivity contribution in [2.45, 2.75) is 43.8 Å². The summed E-state index contributed by atoms with van der Waals surface area (Å²) in [6.45, 7) is 1.93. The molecular weight excluding hydrogens is 361 g/mol. The number of carbonyl (C=O) groups is 1. The molecule has 0 N–H and O–H groups in total. The summed E-state index contributed by atoms with van der Waals surface area (Å²) in [5, 5.41) is 0. The van der Waals surface area contributed by atoms with Gasteiger partial charge in [-0.1, -0.05) is 12.1 Å². The summed E-state index contributed by atoms with van der Waals surface area (Å²) in [6.07, 6.45) is 8.29. The van der Waals surface area contributed by atoms with Crippen molar-refractivity contribution in [3.05, 3.63) is 54.2 Å². The van der Waals surface area contributed by atoms with E-state index < -0.39 is 0 Å². The van der Waals surface area contributed by atoms with Crippen LogP contribution in [0, 0.1) is 5.82 Å². The van der Waals surface area contributed by atoms with Crippen molar-refractivity contribution in [3.8, 4) is 5.88 Å². The number of halogens is 1. The van der Waals surface area contributed by atoms with Gasteiger partial charge < -0.3 is 14.4 Å². The van der Waals surface area contributed by atoms with Gasteiger partial charge in [0.05, 0.1) is 24.8 Å². The van der Waals surface area contributed by atoms with Crippen LogP contribution in [0.5, 0.6) is 5.88 Å². The summed E-state index contributed by atoms with van der Waals surface area (Å²) in [4.78, 5) is 22.7. The van der Waals surface area contributed by atoms with Gasteiger partial charge in [-0.05, 0) is 30.5 Å². The zero-order chi connectivity index (χ0) is 19.4. The van der Waals surface area contributed by atoms with Crippen LogP contribution in [0.25, 0.3) is 0 Å². The predicted octanol–water partition coefficient (Wildman–Crippen LogP) is 2.78. The summed E-state index contributed by atoms with van der Waals surface area (Å²) < 4.78 is 25.4. The number of amides is 1. The lowest BCUT2D eigenvalue weighted by Crippen LogP contribution is -2.52. The van der Waals surface area contributed by atoms with E-state index in [1.807, 2.05) is 4.90 Å². The molecule has 148 valence electrons. The van der Waals surface area contributed by atoms with E-state index in [-0.39, 0.29) is 29.9 Å². The van der Waals surface area contributed by atoms with E-state index in [0.717, 1.165) is 25.7 Å². The topological polar surface area (TPSA) is 64.6 Å². The first-order chi connectivity index (χ1) is 13.6. The Balaban J connectivity index is 1.31. The first-order valence-electron chi connectivity index (χ1n) is 9.71. The van der Waals surface area contributed by atoms with Gasteiger partial charge in [-0.15, -0.1) is 0 Å². The van der Waals surface area contributed by atoms with Gasteiger partial charge in [0.15, 0.2) is 0 Å². The molecule has 28 heavy (non-hydrogen) atoms. The number of hydrogen-bond donors (Lipinski definition) is 0. The zero-order valence-electron chi connectivity index (χ0n) is 15.7. The quantitative estimate of drug-likeness (QED) is 0.810. The van der Waals surface area contributed by atoms with Gasteiger partial charge in [0, 0.05) is 38.3 Å². The third-order valence-electron chi connectivity index (χ3n) is 5.55. The number of carbonyl (C=O) groups excluding carboxylic acids is 1. The summed E-state index contributed by atoms with van der Waals surface area (Å²) in [5.41, 5.74) is 0.456. The number of ether oxygens (including phenoxy) is 2. The highest BCUT2D eigenvalue weighted by Gasteiger charge is 2.42. The first-order valence-corrected chi connectivity index (χ1v) is 9.71. The molecule has 0 bridgehead atoms. The van der Waals surface area contributed by atoms with Gasteiger partial charge in [0.2, 0.25) is 11.8 Å². The van der Waals surface area contributed by atoms with Gasteiger partial charge in [-0.2, -0.15) is 0 Å². The van der Waals surface area contributed by atoms with E-state index in [1.165, 1.54) is 12.1 Å². The molecule has 1 amide bonds. The second-order valence-corrected chi connectivity index (χ2v) is 7.50. The Labute approximate surface area is 163 Å². The van der Waals surface area contributed by atoms with Crippen molar-refractivity contribution < 1.29 is 18.7 Å². The molecule has 2 aromatic rings. The van der Waals surface area contributed by atoms with E-state index in [2.05, 4.69) is 9.97 Å². The van der Waals surface area contributed by atoms with Crippen molar-refractivity contribution in [2.75, 3.05) is 19.7 Å². The maximum absolute atomic E-state index is 13.3. The van der Waals surface area contributed by atoms with E-state index in [1.54, 1.807) is 30.7 Å². The Bertz CT molecular complexity index is 810. The average Bonchev–Trinajstić information content (AvgIpc) is 2.69. The Hall–Kier alpha value is -2.54. The number of aromatic nitrogens is 2. The van der Waals surface area contributed by atoms with Crippen molar-refractivity contribution in [1.82, 2.24) is 14.9 Å². The van der Waals surface area contributed by atoms with E-state index >= 15 is 0 Å². The highest BCUT2D eigenvalue weighted by Crippen LogP contribution is 2.36. The average molecular weight is 385 g/mol. The van der Waals surface area contributed by atoms with E-state index in [9.17, 15) is 9.18 Å². The Morgan fingerprint density at radius 3 is 2.93 bits per heavy atom. The van der Waals surface area contributed by atoms with Crippen molar-refractivity contribution in [2.24, 2.45) is 0 Å². The van der Waals surface area contributed by atoms with Crippen LogP contribution in [0.1, 0.15) is 31.2 Å². The molecule has 1 atom stereocenters. The lowest BCUT2D eigenvalue weighted by Gasteiger charge is -2.45. The van der Waals surface area contributed by atoms with Crippen LogP contribution < -0.4 is 4.74 Å². The van der Waals surface area contributed by atoms with E-state index in [4.69, 9.17) is 9.47 Å². The second kappa shape index (κ2) is 8.22. The largest absolute Gasteiger partial charge is 0.473 e. The highest BCUT2D eigenvalue weighted by atomic mass is 19.1. The molecule has 1 spiro atoms. The van der Waals surface area contributed by atoms with Gasteiger partial charge in [-0.3, -0.25) is 9.78 Å². The number of likely N-dealkylation sites (tertiary alicyclic amines) is 1. The third-order valence-corrected chi connectivity index (χ3v) is 5.55. The number of piperidine rings is 1. The summed E-state index contributed by atoms with van der Waals surface area (Å²) in [6, 6.07) is 6.22. The molecule has 0 saturated carbocycles. The second-order valence-electron chi connectivity index (χ2n) is 7.50. The zero-order valence-corrected chi connectivity index (χ0v) is 15.7. The fraction of sp³-hybridized carbons (Fsp3) is 0.476. The molecule has 6 nitrogen and oxygen atoms in total. The maximum Gasteiger partial charge on any atom is 0.232 e. The molecule has 0 radical (unpaired) electrons. The molecule has 0 aliphatic carbocycles. The lowest BCUT2D eigenvalue weighted by molar-refractivity contribution is -0.151. The van der Waals surface area contributed by atoms with Crippen molar-refractivity contribution >= 4 is 5.91 Å². The number of rotatable bonds is 4. The summed E-state index contributed by atoms with van der Waals surface area (Å²) >= 11 is 0. The van der Waals surface area contributed by atoms with Crippen LogP contribution in [0.2, 0.25) is 0 Å². The minimum absolute atomic E-state index is 0.0311. The maximum atomic E-state index is 13.3. The van der Waals surface area contributed by atoms with Crippen LogP contribution in [0.4, 0.5) is 4.39 Å². The SMILES string of the molecule is O=C(Cc1cccc(F)c1)N1CCC2(CC1)CC(Oc1cnccn1)CCO2. The standard InChI is InChI=1S/C21H24FN3O3/c22-17-3-1-2-16(12-17)13-20(26)25-9-5-21(6-10-25)14-18(4-11-27-21)28-19-15-23-7-8-24-19/h1-3,7-8,12,15,18H,4-6,9-11,13-14H2. The monoisotopic (exact) mass is 385 g/mol. The molecule has 2 aliphatic rings. The number of benzene rings is 1. The van der Waals surface area contributed by atoms with Crippen LogP contribution in [0.15, 0.2) is 42.9 Å². The summed E-state index contributed by atoms with van der Waals surface area (Å²) in [5.74, 6) is 0.253. The third kappa shape index (κ3) is 4.47. The molecule has 1 aromatic heterocycles. The molecule has 2 fully saturated rings. The molecule has 1 unspecified atom stereocenters. The van der Waals surface area contributed by atoms with Crippen molar-refractivity contribution in [1.29, 1.82) is 0 Å². The minimum Gasteiger partial charge on any atom is -0.473 e. The van der Waals surface area contributed by atoms with Crippen LogP contribution >= 0.6 is 0 Å². The predicted molar refractivity (Wildman–Crippen MR) is 100 cm³/mol. The molecule has 2 aliphatic heterocycles. The first kappa shape index (κ1) is 18.8. The Morgan fingerprint density at radius 2 is 2.18 bits per heavy atom. The lowest BCUT2D eigenvalue weighted by atomic mass is 9.83. The minimum atomic E-state index is -0.312. The van der Waals surface area contributed by atoms with Gasteiger partial charge >= 0.3 is 0 Å². The van der Waals surface area contributed by atoms with Gasteiger partial charge in [0.25, 0.3) is 0 Å². The molecule has 2 saturated heterocycles. The fourth-order valence-electron chi connectivity index (χ4n) is 4.05. The molecule has 7 heteroatoms. The van der Waals surface area contributed by atoms with Gasteiger partial charge in [-0.25, -0.2) is 9.37 Å². The normalized spacial score (nSPS) is 21.5. The number of nitrogens with zero attached hydrogens (tertiary/aromatic N) is 3. The molecular formula is C21H24FN3O3. The molecule has 1 aromatic carbocycles. The van der Waals surface area contributed by atoms with Crippen LogP contribution in [0.3, 0.4) is 0 Å². The van der Waals surface area contributed by atoms with Crippen LogP contribution in [-0.4, -0.2) is 52.2 Å². The van der Waals surface area contributed by atoms with Crippen molar-refractivity contribution in [3.63, 3.8) is 0 Å². The molecule has 4 rings (SSSR count).